The predicted octanol–water partition coefficient (Wildman–Crippen LogP) is 2.49. The van der Waals surface area contributed by atoms with E-state index in [2.05, 4.69) is 4.72 Å². The molecule has 2 aromatic rings. The molecule has 0 radical (unpaired) electrons. The highest BCUT2D eigenvalue weighted by molar-refractivity contribution is 7.88. The second kappa shape index (κ2) is 7.11. The normalized spacial score (nSPS) is 14.0. The lowest BCUT2D eigenvalue weighted by atomic mass is 10.2. The molecule has 8 heteroatoms. The Labute approximate surface area is 150 Å². The van der Waals surface area contributed by atoms with E-state index < -0.39 is 15.8 Å². The number of rotatable bonds is 6. The molecule has 25 heavy (non-hydrogen) atoms. The Morgan fingerprint density at radius 2 is 1.96 bits per heavy atom. The van der Waals surface area contributed by atoms with E-state index in [0.29, 0.717) is 12.0 Å². The molecule has 5 nitrogen and oxygen atoms in total. The number of carbonyl (C=O) groups is 1. The fourth-order valence-electron chi connectivity index (χ4n) is 2.77. The van der Waals surface area contributed by atoms with E-state index in [-0.39, 0.29) is 29.8 Å². The lowest BCUT2D eigenvalue weighted by molar-refractivity contribution is -0.117. The highest BCUT2D eigenvalue weighted by Gasteiger charge is 2.26. The quantitative estimate of drug-likeness (QED) is 0.834. The molecule has 1 N–H and O–H groups in total. The van der Waals surface area contributed by atoms with Gasteiger partial charge in [-0.25, -0.2) is 17.5 Å². The first-order chi connectivity index (χ1) is 11.9. The molecule has 1 aliphatic rings. The first kappa shape index (κ1) is 17.8. The molecule has 132 valence electrons. The summed E-state index contributed by atoms with van der Waals surface area (Å²) < 4.78 is 40.1. The molecule has 0 atom stereocenters. The number of nitrogens with zero attached hydrogens (tertiary/aromatic N) is 1. The molecule has 1 aliphatic heterocycles. The summed E-state index contributed by atoms with van der Waals surface area (Å²) in [4.78, 5) is 13.6. The van der Waals surface area contributed by atoms with Crippen LogP contribution in [0.3, 0.4) is 0 Å². The van der Waals surface area contributed by atoms with Crippen LogP contribution in [0.1, 0.15) is 11.1 Å². The highest BCUT2D eigenvalue weighted by Crippen LogP contribution is 2.27. The third-order valence-electron chi connectivity index (χ3n) is 3.92. The minimum atomic E-state index is -3.65. The van der Waals surface area contributed by atoms with Gasteiger partial charge in [-0.15, -0.1) is 0 Å². The largest absolute Gasteiger partial charge is 0.311 e. The number of benzene rings is 2. The zero-order valence-electron chi connectivity index (χ0n) is 13.2. The summed E-state index contributed by atoms with van der Waals surface area (Å²) in [6.45, 7) is 0.322. The van der Waals surface area contributed by atoms with Gasteiger partial charge in [0.05, 0.1) is 17.2 Å². The Bertz CT molecular complexity index is 918. The number of para-hydroxylation sites is 1. The van der Waals surface area contributed by atoms with Crippen LogP contribution in [0.4, 0.5) is 10.1 Å². The number of hydrogen-bond acceptors (Lipinski definition) is 3. The topological polar surface area (TPSA) is 66.5 Å². The number of carbonyl (C=O) groups excluding carboxylic acids is 1. The van der Waals surface area contributed by atoms with Crippen molar-refractivity contribution >= 4 is 33.2 Å². The fraction of sp³-hybridized carbons (Fsp3) is 0.235. The van der Waals surface area contributed by atoms with E-state index >= 15 is 0 Å². The SMILES string of the molecule is O=C1Cc2ccccc2N1CCNS(=O)(=O)Cc1ccc(Cl)c(F)c1. The van der Waals surface area contributed by atoms with Gasteiger partial charge < -0.3 is 4.90 Å². The predicted molar refractivity (Wildman–Crippen MR) is 94.5 cm³/mol. The number of fused-ring (bicyclic) bond motifs is 1. The number of anilines is 1. The first-order valence-corrected chi connectivity index (χ1v) is 9.68. The van der Waals surface area contributed by atoms with Crippen LogP contribution in [0.2, 0.25) is 5.02 Å². The molecular formula is C17H16ClFN2O3S. The molecular weight excluding hydrogens is 367 g/mol. The minimum absolute atomic E-state index is 0.0553. The third kappa shape index (κ3) is 4.18. The van der Waals surface area contributed by atoms with Gasteiger partial charge in [0, 0.05) is 18.8 Å². The van der Waals surface area contributed by atoms with Gasteiger partial charge in [-0.05, 0) is 29.3 Å². The summed E-state index contributed by atoms with van der Waals surface area (Å²) in [5.74, 6) is -1.07. The van der Waals surface area contributed by atoms with Gasteiger partial charge in [-0.3, -0.25) is 4.79 Å². The Morgan fingerprint density at radius 1 is 1.20 bits per heavy atom. The molecule has 0 unspecified atom stereocenters. The second-order valence-electron chi connectivity index (χ2n) is 5.75. The molecule has 2 aromatic carbocycles. The summed E-state index contributed by atoms with van der Waals surface area (Å²) in [6.07, 6.45) is 0.326. The van der Waals surface area contributed by atoms with Crippen LogP contribution in [0, 0.1) is 5.82 Å². The van der Waals surface area contributed by atoms with Gasteiger partial charge in [0.25, 0.3) is 0 Å². The lowest BCUT2D eigenvalue weighted by Crippen LogP contribution is -2.37. The fourth-order valence-corrected chi connectivity index (χ4v) is 4.01. The van der Waals surface area contributed by atoms with Gasteiger partial charge in [0.1, 0.15) is 5.82 Å². The van der Waals surface area contributed by atoms with E-state index in [1.165, 1.54) is 12.1 Å². The first-order valence-electron chi connectivity index (χ1n) is 7.65. The van der Waals surface area contributed by atoms with Crippen LogP contribution in [-0.4, -0.2) is 27.4 Å². The van der Waals surface area contributed by atoms with Gasteiger partial charge in [0.2, 0.25) is 15.9 Å². The standard InChI is InChI=1S/C17H16ClFN2O3S/c18-14-6-5-12(9-15(14)19)11-25(23,24)20-7-8-21-16-4-2-1-3-13(16)10-17(21)22/h1-6,9,20H,7-8,10-11H2. The van der Waals surface area contributed by atoms with Crippen molar-refractivity contribution in [3.63, 3.8) is 0 Å². The highest BCUT2D eigenvalue weighted by atomic mass is 35.5. The summed E-state index contributed by atoms with van der Waals surface area (Å²) >= 11 is 5.59. The molecule has 1 heterocycles. The number of hydrogen-bond donors (Lipinski definition) is 1. The Morgan fingerprint density at radius 3 is 2.72 bits per heavy atom. The van der Waals surface area contributed by atoms with Crippen molar-refractivity contribution in [2.45, 2.75) is 12.2 Å². The van der Waals surface area contributed by atoms with Crippen LogP contribution >= 0.6 is 11.6 Å². The van der Waals surface area contributed by atoms with Crippen molar-refractivity contribution in [1.82, 2.24) is 4.72 Å². The molecule has 0 fully saturated rings. The van der Waals surface area contributed by atoms with Gasteiger partial charge in [-0.1, -0.05) is 35.9 Å². The monoisotopic (exact) mass is 382 g/mol. The summed E-state index contributed by atoms with van der Waals surface area (Å²) in [5, 5.41) is -0.0553. The maximum absolute atomic E-state index is 13.4. The van der Waals surface area contributed by atoms with Crippen molar-refractivity contribution in [3.8, 4) is 0 Å². The maximum atomic E-state index is 13.4. The van der Waals surface area contributed by atoms with Crippen LogP contribution in [0.25, 0.3) is 0 Å². The second-order valence-corrected chi connectivity index (χ2v) is 7.97. The van der Waals surface area contributed by atoms with Crippen molar-refractivity contribution in [2.24, 2.45) is 0 Å². The number of amides is 1. The zero-order valence-corrected chi connectivity index (χ0v) is 14.8. The van der Waals surface area contributed by atoms with Gasteiger partial charge in [-0.2, -0.15) is 0 Å². The average molecular weight is 383 g/mol. The summed E-state index contributed by atoms with van der Waals surface area (Å²) in [6, 6.07) is 11.3. The number of sulfonamides is 1. The van der Waals surface area contributed by atoms with Crippen molar-refractivity contribution in [2.75, 3.05) is 18.0 Å². The van der Waals surface area contributed by atoms with Gasteiger partial charge >= 0.3 is 0 Å². The Hall–Kier alpha value is -1.96. The van der Waals surface area contributed by atoms with Crippen LogP contribution in [0.15, 0.2) is 42.5 Å². The van der Waals surface area contributed by atoms with E-state index in [9.17, 15) is 17.6 Å². The van der Waals surface area contributed by atoms with E-state index in [4.69, 9.17) is 11.6 Å². The van der Waals surface area contributed by atoms with Gasteiger partial charge in [0.15, 0.2) is 0 Å². The van der Waals surface area contributed by atoms with Crippen LogP contribution < -0.4 is 9.62 Å². The molecule has 3 rings (SSSR count). The smallest absolute Gasteiger partial charge is 0.231 e. The summed E-state index contributed by atoms with van der Waals surface area (Å²) in [7, 11) is -3.65. The van der Waals surface area contributed by atoms with Crippen LogP contribution in [0.5, 0.6) is 0 Å². The van der Waals surface area contributed by atoms with E-state index in [1.54, 1.807) is 4.90 Å². The van der Waals surface area contributed by atoms with Crippen molar-refractivity contribution in [3.05, 3.63) is 64.4 Å². The van der Waals surface area contributed by atoms with Crippen LogP contribution in [-0.2, 0) is 27.0 Å². The van der Waals surface area contributed by atoms with Crippen molar-refractivity contribution in [1.29, 1.82) is 0 Å². The minimum Gasteiger partial charge on any atom is -0.311 e. The lowest BCUT2D eigenvalue weighted by Gasteiger charge is -2.17. The molecule has 0 spiro atoms. The number of nitrogens with one attached hydrogen (secondary N) is 1. The molecule has 0 bridgehead atoms. The maximum Gasteiger partial charge on any atom is 0.231 e. The third-order valence-corrected chi connectivity index (χ3v) is 5.59. The van der Waals surface area contributed by atoms with Crippen molar-refractivity contribution < 1.29 is 17.6 Å². The van der Waals surface area contributed by atoms with E-state index in [1.807, 2.05) is 24.3 Å². The zero-order chi connectivity index (χ0) is 18.0. The molecule has 0 aliphatic carbocycles. The Balaban J connectivity index is 1.59. The Kier molecular flexibility index (Phi) is 5.08. The molecule has 1 amide bonds. The number of halogens is 2. The van der Waals surface area contributed by atoms with E-state index in [0.717, 1.165) is 17.3 Å². The molecule has 0 saturated heterocycles. The molecule has 0 aromatic heterocycles. The average Bonchev–Trinajstić information content (AvgIpc) is 2.86. The summed E-state index contributed by atoms with van der Waals surface area (Å²) in [5.41, 5.74) is 2.05. The molecule has 0 saturated carbocycles.